The van der Waals surface area contributed by atoms with Gasteiger partial charge in [0.15, 0.2) is 5.82 Å². The van der Waals surface area contributed by atoms with Crippen LogP contribution in [0.1, 0.15) is 51.3 Å². The number of amides is 1. The molecule has 1 aromatic heterocycles. The first-order valence-electron chi connectivity index (χ1n) is 9.22. The van der Waals surface area contributed by atoms with Gasteiger partial charge in [-0.2, -0.15) is 5.10 Å². The molecule has 3 rings (SSSR count). The lowest BCUT2D eigenvalue weighted by molar-refractivity contribution is -0.120. The number of benzene rings is 1. The van der Waals surface area contributed by atoms with Gasteiger partial charge in [-0.3, -0.25) is 9.89 Å². The Morgan fingerprint density at radius 2 is 2.04 bits per heavy atom. The van der Waals surface area contributed by atoms with Gasteiger partial charge in [0.1, 0.15) is 5.82 Å². The van der Waals surface area contributed by atoms with Crippen molar-refractivity contribution in [1.29, 1.82) is 0 Å². The first-order valence-corrected chi connectivity index (χ1v) is 9.22. The standard InChI is InChI=1S/C19H27N5O/c1-2-14(11-13-5-3-4-6-13)19(25)21-16-9-7-15(8-10-16)18-22-17(12-20)23-24-18/h7-10,13-14H,2-6,11-12,20H2,1H3,(H,21,25)(H,22,23,24). The fourth-order valence-electron chi connectivity index (χ4n) is 3.57. The Morgan fingerprint density at radius 1 is 1.32 bits per heavy atom. The number of aromatic amines is 1. The summed E-state index contributed by atoms with van der Waals surface area (Å²) in [6.07, 6.45) is 7.09. The number of anilines is 1. The molecular weight excluding hydrogens is 314 g/mol. The fourth-order valence-corrected chi connectivity index (χ4v) is 3.57. The minimum atomic E-state index is 0.0999. The summed E-state index contributed by atoms with van der Waals surface area (Å²) in [4.78, 5) is 16.9. The second-order valence-corrected chi connectivity index (χ2v) is 6.87. The molecule has 1 unspecified atom stereocenters. The summed E-state index contributed by atoms with van der Waals surface area (Å²) >= 11 is 0. The Balaban J connectivity index is 1.60. The van der Waals surface area contributed by atoms with Crippen LogP contribution in [-0.2, 0) is 11.3 Å². The highest BCUT2D eigenvalue weighted by Crippen LogP contribution is 2.31. The molecule has 0 bridgehead atoms. The van der Waals surface area contributed by atoms with E-state index in [9.17, 15) is 4.79 Å². The monoisotopic (exact) mass is 341 g/mol. The van der Waals surface area contributed by atoms with E-state index in [0.717, 1.165) is 30.0 Å². The Morgan fingerprint density at radius 3 is 2.64 bits per heavy atom. The van der Waals surface area contributed by atoms with Gasteiger partial charge in [0.2, 0.25) is 5.91 Å². The van der Waals surface area contributed by atoms with Crippen molar-refractivity contribution >= 4 is 11.6 Å². The van der Waals surface area contributed by atoms with Crippen LogP contribution >= 0.6 is 0 Å². The van der Waals surface area contributed by atoms with E-state index >= 15 is 0 Å². The summed E-state index contributed by atoms with van der Waals surface area (Å²) < 4.78 is 0. The summed E-state index contributed by atoms with van der Waals surface area (Å²) in [7, 11) is 0. The van der Waals surface area contributed by atoms with Crippen LogP contribution in [-0.4, -0.2) is 21.1 Å². The second kappa shape index (κ2) is 8.25. The van der Waals surface area contributed by atoms with Crippen molar-refractivity contribution in [2.24, 2.45) is 17.6 Å². The van der Waals surface area contributed by atoms with Crippen molar-refractivity contribution in [2.45, 2.75) is 52.0 Å². The minimum absolute atomic E-state index is 0.0999. The SMILES string of the molecule is CCC(CC1CCCC1)C(=O)Nc1ccc(-c2n[nH]c(CN)n2)cc1. The number of nitrogens with one attached hydrogen (secondary N) is 2. The van der Waals surface area contributed by atoms with E-state index < -0.39 is 0 Å². The zero-order valence-electron chi connectivity index (χ0n) is 14.8. The van der Waals surface area contributed by atoms with E-state index in [4.69, 9.17) is 5.73 Å². The highest BCUT2D eigenvalue weighted by atomic mass is 16.1. The zero-order valence-corrected chi connectivity index (χ0v) is 14.8. The van der Waals surface area contributed by atoms with E-state index in [0.29, 0.717) is 18.2 Å². The van der Waals surface area contributed by atoms with Crippen LogP contribution in [0, 0.1) is 11.8 Å². The number of carbonyl (C=O) groups excluding carboxylic acids is 1. The normalized spacial score (nSPS) is 16.1. The number of carbonyl (C=O) groups is 1. The molecule has 0 radical (unpaired) electrons. The Bertz CT molecular complexity index is 688. The smallest absolute Gasteiger partial charge is 0.227 e. The molecule has 1 aliphatic carbocycles. The summed E-state index contributed by atoms with van der Waals surface area (Å²) in [5.74, 6) is 2.23. The van der Waals surface area contributed by atoms with Gasteiger partial charge >= 0.3 is 0 Å². The van der Waals surface area contributed by atoms with Crippen LogP contribution in [0.15, 0.2) is 24.3 Å². The zero-order chi connectivity index (χ0) is 17.6. The van der Waals surface area contributed by atoms with E-state index in [1.807, 2.05) is 24.3 Å². The van der Waals surface area contributed by atoms with Crippen molar-refractivity contribution in [3.8, 4) is 11.4 Å². The van der Waals surface area contributed by atoms with E-state index in [1.54, 1.807) is 0 Å². The van der Waals surface area contributed by atoms with Gasteiger partial charge < -0.3 is 11.1 Å². The molecule has 1 fully saturated rings. The lowest BCUT2D eigenvalue weighted by atomic mass is 9.91. The van der Waals surface area contributed by atoms with Crippen molar-refractivity contribution < 1.29 is 4.79 Å². The van der Waals surface area contributed by atoms with Gasteiger partial charge in [0.05, 0.1) is 6.54 Å². The average Bonchev–Trinajstić information content (AvgIpc) is 3.32. The van der Waals surface area contributed by atoms with E-state index in [2.05, 4.69) is 27.4 Å². The molecule has 2 aromatic rings. The Labute approximate surface area is 148 Å². The van der Waals surface area contributed by atoms with E-state index in [1.165, 1.54) is 25.7 Å². The third-order valence-electron chi connectivity index (χ3n) is 5.09. The number of hydrogen-bond donors (Lipinski definition) is 3. The van der Waals surface area contributed by atoms with Crippen LogP contribution in [0.3, 0.4) is 0 Å². The lowest BCUT2D eigenvalue weighted by Crippen LogP contribution is -2.24. The molecule has 0 saturated heterocycles. The third kappa shape index (κ3) is 4.45. The molecule has 1 amide bonds. The van der Waals surface area contributed by atoms with E-state index in [-0.39, 0.29) is 11.8 Å². The number of nitrogens with zero attached hydrogens (tertiary/aromatic N) is 2. The van der Waals surface area contributed by atoms with Crippen molar-refractivity contribution in [3.05, 3.63) is 30.1 Å². The lowest BCUT2D eigenvalue weighted by Gasteiger charge is -2.18. The van der Waals surface area contributed by atoms with Crippen LogP contribution in [0.25, 0.3) is 11.4 Å². The molecule has 1 aliphatic rings. The average molecular weight is 341 g/mol. The molecule has 6 nitrogen and oxygen atoms in total. The second-order valence-electron chi connectivity index (χ2n) is 6.87. The number of aromatic nitrogens is 3. The summed E-state index contributed by atoms with van der Waals surface area (Å²) in [6, 6.07) is 7.62. The topological polar surface area (TPSA) is 96.7 Å². The highest BCUT2D eigenvalue weighted by Gasteiger charge is 2.24. The van der Waals surface area contributed by atoms with Crippen LogP contribution in [0.2, 0.25) is 0 Å². The molecule has 0 spiro atoms. The molecule has 1 atom stereocenters. The summed E-state index contributed by atoms with van der Waals surface area (Å²) in [5.41, 5.74) is 7.25. The van der Waals surface area contributed by atoms with Crippen molar-refractivity contribution in [2.75, 3.05) is 5.32 Å². The number of hydrogen-bond acceptors (Lipinski definition) is 4. The minimum Gasteiger partial charge on any atom is -0.326 e. The van der Waals surface area contributed by atoms with Crippen LogP contribution in [0.5, 0.6) is 0 Å². The Hall–Kier alpha value is -2.21. The molecule has 0 aliphatic heterocycles. The maximum atomic E-state index is 12.6. The van der Waals surface area contributed by atoms with Crippen molar-refractivity contribution in [1.82, 2.24) is 15.2 Å². The molecule has 1 saturated carbocycles. The molecule has 6 heteroatoms. The van der Waals surface area contributed by atoms with Crippen LogP contribution < -0.4 is 11.1 Å². The van der Waals surface area contributed by atoms with Crippen molar-refractivity contribution in [3.63, 3.8) is 0 Å². The van der Waals surface area contributed by atoms with Gasteiger partial charge in [0, 0.05) is 17.2 Å². The van der Waals surface area contributed by atoms with Gasteiger partial charge in [-0.15, -0.1) is 0 Å². The first kappa shape index (κ1) is 17.6. The van der Waals surface area contributed by atoms with Gasteiger partial charge in [-0.05, 0) is 43.0 Å². The summed E-state index contributed by atoms with van der Waals surface area (Å²) in [6.45, 7) is 2.43. The fraction of sp³-hybridized carbons (Fsp3) is 0.526. The predicted octanol–water partition coefficient (Wildman–Crippen LogP) is 3.48. The molecule has 134 valence electrons. The first-order chi connectivity index (χ1) is 12.2. The summed E-state index contributed by atoms with van der Waals surface area (Å²) in [5, 5.41) is 10.00. The number of H-pyrrole nitrogens is 1. The maximum Gasteiger partial charge on any atom is 0.227 e. The third-order valence-corrected chi connectivity index (χ3v) is 5.09. The predicted molar refractivity (Wildman–Crippen MR) is 98.7 cm³/mol. The largest absolute Gasteiger partial charge is 0.326 e. The highest BCUT2D eigenvalue weighted by molar-refractivity contribution is 5.92. The Kier molecular flexibility index (Phi) is 5.81. The molecule has 1 heterocycles. The number of rotatable bonds is 7. The van der Waals surface area contributed by atoms with Gasteiger partial charge in [0.25, 0.3) is 0 Å². The molecule has 4 N–H and O–H groups in total. The van der Waals surface area contributed by atoms with Gasteiger partial charge in [-0.25, -0.2) is 4.98 Å². The maximum absolute atomic E-state index is 12.6. The van der Waals surface area contributed by atoms with Gasteiger partial charge in [-0.1, -0.05) is 32.6 Å². The number of nitrogens with two attached hydrogens (primary N) is 1. The van der Waals surface area contributed by atoms with Crippen LogP contribution in [0.4, 0.5) is 5.69 Å². The quantitative estimate of drug-likeness (QED) is 0.718. The molecule has 25 heavy (non-hydrogen) atoms. The molecular formula is C19H27N5O. The molecule has 1 aromatic carbocycles.